The standard InChI is InChI=1S/C32H33N5O6/c1-5-20-12-23(36-10-11-41-32(19(36)4)16-40-17-32)30(33-14-20)42-21-13-24(31(38)39)37(15-21)29-27-26(34-28(35-29)18(2)3)22-8-6-7-9-25(22)43-27/h1,6-9,12,14,18-19,21,24H,10-11,13,15-17H2,2-4H3,(H,38,39)/t19-,21-,24-/m0/s1. The molecule has 43 heavy (non-hydrogen) atoms. The van der Waals surface area contributed by atoms with Crippen molar-refractivity contribution in [3.05, 3.63) is 47.9 Å². The first kappa shape index (κ1) is 27.4. The molecule has 3 aliphatic rings. The third-order valence-corrected chi connectivity index (χ3v) is 8.79. The highest BCUT2D eigenvalue weighted by Gasteiger charge is 2.50. The number of ether oxygens (including phenoxy) is 3. The van der Waals surface area contributed by atoms with Crippen molar-refractivity contribution in [3.8, 4) is 18.2 Å². The van der Waals surface area contributed by atoms with Crippen LogP contribution in [0.15, 0.2) is 40.9 Å². The SMILES string of the molecule is C#Cc1cnc(O[C@H]2C[C@@H](C(=O)O)N(c3nc(C(C)C)nc4c3oc3ccccc34)C2)c(N2CCOC3(COC3)[C@@H]2C)c1. The zero-order valence-corrected chi connectivity index (χ0v) is 24.3. The number of para-hydroxylation sites is 1. The molecule has 3 atom stereocenters. The number of hydrogen-bond acceptors (Lipinski definition) is 10. The van der Waals surface area contributed by atoms with E-state index in [1.54, 1.807) is 11.1 Å². The number of carboxylic acid groups (broad SMARTS) is 1. The summed E-state index contributed by atoms with van der Waals surface area (Å²) in [4.78, 5) is 30.8. The van der Waals surface area contributed by atoms with E-state index in [1.807, 2.05) is 44.2 Å². The normalized spacial score (nSPS) is 23.2. The van der Waals surface area contributed by atoms with Gasteiger partial charge in [0.1, 0.15) is 40.4 Å². The molecule has 1 N–H and O–H groups in total. The van der Waals surface area contributed by atoms with Gasteiger partial charge in [0, 0.05) is 36.0 Å². The third kappa shape index (κ3) is 4.53. The maximum Gasteiger partial charge on any atom is 0.326 e. The Kier molecular flexibility index (Phi) is 6.63. The van der Waals surface area contributed by atoms with E-state index < -0.39 is 18.1 Å². The number of benzene rings is 1. The summed E-state index contributed by atoms with van der Waals surface area (Å²) in [6, 6.07) is 8.66. The fourth-order valence-electron chi connectivity index (χ4n) is 6.27. The number of aliphatic carboxylic acids is 1. The second kappa shape index (κ2) is 10.4. The van der Waals surface area contributed by atoms with Gasteiger partial charge in [-0.2, -0.15) is 0 Å². The van der Waals surface area contributed by atoms with Crippen molar-refractivity contribution in [2.75, 3.05) is 42.7 Å². The van der Waals surface area contributed by atoms with Crippen molar-refractivity contribution in [3.63, 3.8) is 0 Å². The average Bonchev–Trinajstić information content (AvgIpc) is 3.58. The molecule has 4 aromatic rings. The maximum absolute atomic E-state index is 12.6. The Labute approximate surface area is 248 Å². The first-order valence-electron chi connectivity index (χ1n) is 14.6. The number of hydrogen-bond donors (Lipinski definition) is 1. The molecule has 3 saturated heterocycles. The quantitative estimate of drug-likeness (QED) is 0.332. The van der Waals surface area contributed by atoms with Crippen LogP contribution in [-0.4, -0.2) is 82.7 Å². The number of carboxylic acids is 1. The molecule has 1 aromatic carbocycles. The van der Waals surface area contributed by atoms with Crippen LogP contribution < -0.4 is 14.5 Å². The predicted molar refractivity (Wildman–Crippen MR) is 160 cm³/mol. The van der Waals surface area contributed by atoms with Gasteiger partial charge in [-0.3, -0.25) is 0 Å². The minimum absolute atomic E-state index is 0.00383. The summed E-state index contributed by atoms with van der Waals surface area (Å²) in [6.07, 6.45) is 7.08. The van der Waals surface area contributed by atoms with Crippen molar-refractivity contribution < 1.29 is 28.5 Å². The van der Waals surface area contributed by atoms with Crippen LogP contribution >= 0.6 is 0 Å². The number of morpholine rings is 1. The molecule has 11 nitrogen and oxygen atoms in total. The fourth-order valence-corrected chi connectivity index (χ4v) is 6.27. The number of anilines is 2. The van der Waals surface area contributed by atoms with E-state index >= 15 is 0 Å². The molecular weight excluding hydrogens is 550 g/mol. The Morgan fingerprint density at radius 1 is 1.23 bits per heavy atom. The Hall–Kier alpha value is -4.40. The summed E-state index contributed by atoms with van der Waals surface area (Å²) in [5.74, 6) is 3.20. The summed E-state index contributed by atoms with van der Waals surface area (Å²) < 4.78 is 24.4. The van der Waals surface area contributed by atoms with Crippen LogP contribution in [0, 0.1) is 12.3 Å². The van der Waals surface area contributed by atoms with Gasteiger partial charge in [0.2, 0.25) is 5.88 Å². The lowest BCUT2D eigenvalue weighted by atomic mass is 9.90. The molecule has 0 unspecified atom stereocenters. The smallest absolute Gasteiger partial charge is 0.326 e. The molecule has 0 bridgehead atoms. The van der Waals surface area contributed by atoms with Gasteiger partial charge < -0.3 is 33.5 Å². The molecule has 3 fully saturated rings. The zero-order valence-electron chi connectivity index (χ0n) is 24.3. The van der Waals surface area contributed by atoms with E-state index in [4.69, 9.17) is 35.0 Å². The molecule has 7 rings (SSSR count). The highest BCUT2D eigenvalue weighted by Crippen LogP contribution is 2.41. The molecule has 0 saturated carbocycles. The summed E-state index contributed by atoms with van der Waals surface area (Å²) in [5, 5.41) is 11.2. The molecule has 0 radical (unpaired) electrons. The Balaban J connectivity index is 1.25. The van der Waals surface area contributed by atoms with Gasteiger partial charge in [-0.15, -0.1) is 6.42 Å². The van der Waals surface area contributed by atoms with E-state index in [-0.39, 0.29) is 30.5 Å². The summed E-state index contributed by atoms with van der Waals surface area (Å²) in [5.41, 5.74) is 2.80. The van der Waals surface area contributed by atoms with Crippen LogP contribution in [0.3, 0.4) is 0 Å². The molecule has 11 heteroatoms. The Bertz CT molecular complexity index is 1760. The van der Waals surface area contributed by atoms with Crippen molar-refractivity contribution in [2.45, 2.75) is 56.9 Å². The molecule has 1 spiro atoms. The van der Waals surface area contributed by atoms with Crippen LogP contribution in [-0.2, 0) is 14.3 Å². The van der Waals surface area contributed by atoms with Gasteiger partial charge in [-0.05, 0) is 25.1 Å². The lowest BCUT2D eigenvalue weighted by molar-refractivity contribution is -0.228. The molecule has 3 aromatic heterocycles. The van der Waals surface area contributed by atoms with Crippen LogP contribution in [0.2, 0.25) is 0 Å². The number of fused-ring (bicyclic) bond motifs is 3. The van der Waals surface area contributed by atoms with Gasteiger partial charge in [-0.25, -0.2) is 19.7 Å². The van der Waals surface area contributed by atoms with Crippen LogP contribution in [0.1, 0.15) is 44.5 Å². The summed E-state index contributed by atoms with van der Waals surface area (Å²) >= 11 is 0. The van der Waals surface area contributed by atoms with Crippen LogP contribution in [0.5, 0.6) is 5.88 Å². The minimum atomic E-state index is -0.968. The zero-order chi connectivity index (χ0) is 29.9. The minimum Gasteiger partial charge on any atom is -0.480 e. The highest BCUT2D eigenvalue weighted by atomic mass is 16.6. The van der Waals surface area contributed by atoms with Crippen molar-refractivity contribution >= 4 is 39.5 Å². The third-order valence-electron chi connectivity index (χ3n) is 8.79. The summed E-state index contributed by atoms with van der Waals surface area (Å²) in [7, 11) is 0. The molecule has 3 aliphatic heterocycles. The molecule has 0 aliphatic carbocycles. The van der Waals surface area contributed by atoms with E-state index in [0.29, 0.717) is 66.1 Å². The molecule has 6 heterocycles. The van der Waals surface area contributed by atoms with E-state index in [9.17, 15) is 9.90 Å². The summed E-state index contributed by atoms with van der Waals surface area (Å²) in [6.45, 7) is 8.60. The highest BCUT2D eigenvalue weighted by molar-refractivity contribution is 6.06. The average molecular weight is 584 g/mol. The molecule has 0 amide bonds. The van der Waals surface area contributed by atoms with E-state index in [2.05, 4.69) is 22.7 Å². The van der Waals surface area contributed by atoms with Crippen LogP contribution in [0.25, 0.3) is 22.1 Å². The maximum atomic E-state index is 12.6. The number of terminal acetylenes is 1. The van der Waals surface area contributed by atoms with Gasteiger partial charge in [0.15, 0.2) is 11.4 Å². The topological polar surface area (TPSA) is 123 Å². The van der Waals surface area contributed by atoms with E-state index in [0.717, 1.165) is 11.1 Å². The number of nitrogens with zero attached hydrogens (tertiary/aromatic N) is 5. The lowest BCUT2D eigenvalue weighted by Crippen LogP contribution is -2.68. The van der Waals surface area contributed by atoms with Gasteiger partial charge in [-0.1, -0.05) is 31.9 Å². The largest absolute Gasteiger partial charge is 0.480 e. The van der Waals surface area contributed by atoms with Crippen molar-refractivity contribution in [1.82, 2.24) is 15.0 Å². The second-order valence-corrected chi connectivity index (χ2v) is 11.8. The van der Waals surface area contributed by atoms with Crippen LogP contribution in [0.4, 0.5) is 11.5 Å². The number of aromatic nitrogens is 3. The first-order chi connectivity index (χ1) is 20.8. The Morgan fingerprint density at radius 2 is 2.05 bits per heavy atom. The first-order valence-corrected chi connectivity index (χ1v) is 14.6. The Morgan fingerprint density at radius 3 is 2.77 bits per heavy atom. The number of carbonyl (C=O) groups is 1. The van der Waals surface area contributed by atoms with E-state index in [1.165, 1.54) is 0 Å². The van der Waals surface area contributed by atoms with Gasteiger partial charge >= 0.3 is 5.97 Å². The monoisotopic (exact) mass is 583 g/mol. The molecule has 222 valence electrons. The van der Waals surface area contributed by atoms with Crippen molar-refractivity contribution in [1.29, 1.82) is 0 Å². The van der Waals surface area contributed by atoms with Gasteiger partial charge in [0.05, 0.1) is 32.4 Å². The fraction of sp³-hybridized carbons (Fsp3) is 0.438. The van der Waals surface area contributed by atoms with Gasteiger partial charge in [0.25, 0.3) is 0 Å². The predicted octanol–water partition coefficient (Wildman–Crippen LogP) is 3.98. The molecular formula is C32H33N5O6. The lowest BCUT2D eigenvalue weighted by Gasteiger charge is -2.53. The second-order valence-electron chi connectivity index (χ2n) is 11.8. The number of rotatable bonds is 6. The number of furan rings is 1. The van der Waals surface area contributed by atoms with Crippen molar-refractivity contribution in [2.24, 2.45) is 0 Å². The number of pyridine rings is 1.